The maximum absolute atomic E-state index is 10.8. The van der Waals surface area contributed by atoms with E-state index in [4.69, 9.17) is 0 Å². The van der Waals surface area contributed by atoms with Gasteiger partial charge in [0, 0.05) is 36.3 Å². The molecular weight excluding hydrogens is 462 g/mol. The van der Waals surface area contributed by atoms with Gasteiger partial charge in [-0.05, 0) is 62.8 Å². The maximum atomic E-state index is 10.8. The van der Waals surface area contributed by atoms with Gasteiger partial charge in [-0.1, -0.05) is 65.3 Å². The summed E-state index contributed by atoms with van der Waals surface area (Å²) in [6, 6.07) is 9.49. The smallest absolute Gasteiger partial charge is 0.222 e. The Balaban J connectivity index is 0. The Morgan fingerprint density at radius 3 is 2.16 bits per heavy atom. The second kappa shape index (κ2) is 21.7. The van der Waals surface area contributed by atoms with E-state index in [-0.39, 0.29) is 11.7 Å². The van der Waals surface area contributed by atoms with E-state index in [0.29, 0.717) is 11.6 Å². The number of rotatable bonds is 5. The third-order valence-corrected chi connectivity index (χ3v) is 4.79. The summed E-state index contributed by atoms with van der Waals surface area (Å²) in [5, 5.41) is 14.0. The zero-order chi connectivity index (χ0) is 28.8. The molecule has 3 aromatic rings. The van der Waals surface area contributed by atoms with Crippen LogP contribution in [0.25, 0.3) is 10.8 Å². The largest absolute Gasteiger partial charge is 0.507 e. The predicted molar refractivity (Wildman–Crippen MR) is 158 cm³/mol. The standard InChI is InChI=1S/C10H9N3O.C9H12O.C7H14.C3H6O.C2H6/c1-7(14)13-10-4-9-5-11-3-2-8(9)6-12-10;1-3-8-6-4-5-7(2)9(8)10;1-4-6-7(3)5-2;1-3(2)4;1-2/h2-6H,1H3,(H,12,13,14);4-6,10H,3H2,1-2H3;4,7H,1,5-6H2,2-3H3;1-2H3;1-2H3. The topological polar surface area (TPSA) is 92.2 Å². The van der Waals surface area contributed by atoms with Gasteiger partial charge in [0.2, 0.25) is 5.91 Å². The molecule has 1 amide bonds. The van der Waals surface area contributed by atoms with Gasteiger partial charge in [-0.25, -0.2) is 4.98 Å². The highest BCUT2D eigenvalue weighted by Crippen LogP contribution is 2.21. The lowest BCUT2D eigenvalue weighted by atomic mass is 10.1. The average molecular weight is 510 g/mol. The number of nitrogens with zero attached hydrogens (tertiary/aromatic N) is 2. The Bertz CT molecular complexity index is 1060. The highest BCUT2D eigenvalue weighted by atomic mass is 16.3. The number of carbonyl (C=O) groups excluding carboxylic acids is 2. The molecule has 2 heterocycles. The third-order valence-electron chi connectivity index (χ3n) is 4.79. The number of Topliss-reactive ketones (excluding diaryl/α,β-unsaturated/α-hetero) is 1. The van der Waals surface area contributed by atoms with Crippen LogP contribution in [-0.2, 0) is 16.0 Å². The molecule has 1 aromatic carbocycles. The summed E-state index contributed by atoms with van der Waals surface area (Å²) in [5.74, 6) is 1.88. The minimum absolute atomic E-state index is 0.124. The van der Waals surface area contributed by atoms with Crippen molar-refractivity contribution in [1.82, 2.24) is 9.97 Å². The van der Waals surface area contributed by atoms with Crippen LogP contribution in [0.2, 0.25) is 0 Å². The van der Waals surface area contributed by atoms with Gasteiger partial charge < -0.3 is 15.2 Å². The van der Waals surface area contributed by atoms with Crippen LogP contribution in [0.5, 0.6) is 5.75 Å². The van der Waals surface area contributed by atoms with Crippen LogP contribution < -0.4 is 5.32 Å². The van der Waals surface area contributed by atoms with Crippen molar-refractivity contribution in [2.45, 2.75) is 81.6 Å². The number of benzene rings is 1. The lowest BCUT2D eigenvalue weighted by Gasteiger charge is -2.02. The van der Waals surface area contributed by atoms with E-state index in [1.165, 1.54) is 27.2 Å². The van der Waals surface area contributed by atoms with Crippen molar-refractivity contribution < 1.29 is 14.7 Å². The van der Waals surface area contributed by atoms with E-state index in [9.17, 15) is 14.7 Å². The van der Waals surface area contributed by atoms with Crippen molar-refractivity contribution in [3.8, 4) is 5.75 Å². The first-order valence-electron chi connectivity index (χ1n) is 12.9. The van der Waals surface area contributed by atoms with Gasteiger partial charge in [-0.15, -0.1) is 6.58 Å². The van der Waals surface area contributed by atoms with Crippen LogP contribution in [-0.4, -0.2) is 26.8 Å². The van der Waals surface area contributed by atoms with Gasteiger partial charge in [-0.3, -0.25) is 9.78 Å². The fourth-order valence-corrected chi connectivity index (χ4v) is 2.68. The zero-order valence-corrected chi connectivity index (χ0v) is 24.3. The summed E-state index contributed by atoms with van der Waals surface area (Å²) >= 11 is 0. The molecule has 2 N–H and O–H groups in total. The number of anilines is 1. The number of aryl methyl sites for hydroxylation is 2. The predicted octanol–water partition coefficient (Wildman–Crippen LogP) is 8.08. The van der Waals surface area contributed by atoms with Crippen molar-refractivity contribution in [1.29, 1.82) is 0 Å². The first-order chi connectivity index (χ1) is 17.5. The molecule has 0 spiro atoms. The normalized spacial score (nSPS) is 9.86. The molecular formula is C31H47N3O3. The molecule has 6 nitrogen and oxygen atoms in total. The van der Waals surface area contributed by atoms with Crippen molar-refractivity contribution in [3.05, 3.63) is 72.7 Å². The summed E-state index contributed by atoms with van der Waals surface area (Å²) in [7, 11) is 0. The maximum Gasteiger partial charge on any atom is 0.222 e. The number of pyridine rings is 2. The quantitative estimate of drug-likeness (QED) is 0.339. The number of allylic oxidation sites excluding steroid dienone is 1. The van der Waals surface area contributed by atoms with E-state index in [1.54, 1.807) is 24.7 Å². The monoisotopic (exact) mass is 509 g/mol. The summed E-state index contributed by atoms with van der Waals surface area (Å²) < 4.78 is 0. The molecule has 2 aromatic heterocycles. The third kappa shape index (κ3) is 17.5. The number of aromatic nitrogens is 2. The Hall–Kier alpha value is -3.54. The van der Waals surface area contributed by atoms with E-state index >= 15 is 0 Å². The number of hydrogen-bond acceptors (Lipinski definition) is 5. The number of phenolic OH excluding ortho intramolecular Hbond substituents is 1. The fourth-order valence-electron chi connectivity index (χ4n) is 2.68. The SMILES string of the molecule is C=CCC(C)CC.CC.CC(=O)Nc1cc2cnccc2cn1.CC(C)=O.CCc1cccc(C)c1O. The summed E-state index contributed by atoms with van der Waals surface area (Å²) in [6.45, 7) is 20.5. The highest BCUT2D eigenvalue weighted by molar-refractivity contribution is 5.90. The molecule has 0 saturated heterocycles. The molecule has 0 aliphatic carbocycles. The van der Waals surface area contributed by atoms with Crippen molar-refractivity contribution >= 4 is 28.3 Å². The van der Waals surface area contributed by atoms with E-state index < -0.39 is 0 Å². The number of amides is 1. The first-order valence-corrected chi connectivity index (χ1v) is 12.9. The number of nitrogens with one attached hydrogen (secondary N) is 1. The van der Waals surface area contributed by atoms with Crippen molar-refractivity contribution in [3.63, 3.8) is 0 Å². The van der Waals surface area contributed by atoms with E-state index in [2.05, 4.69) is 35.7 Å². The molecule has 0 saturated carbocycles. The molecule has 1 unspecified atom stereocenters. The molecule has 0 aliphatic rings. The molecule has 6 heteroatoms. The fraction of sp³-hybridized carbons (Fsp3) is 0.419. The van der Waals surface area contributed by atoms with Crippen LogP contribution in [0.1, 0.15) is 79.4 Å². The van der Waals surface area contributed by atoms with Crippen LogP contribution in [0, 0.1) is 12.8 Å². The van der Waals surface area contributed by atoms with Gasteiger partial charge in [0.05, 0.1) is 0 Å². The summed E-state index contributed by atoms with van der Waals surface area (Å²) in [6.07, 6.45) is 10.5. The second-order valence-corrected chi connectivity index (χ2v) is 8.36. The summed E-state index contributed by atoms with van der Waals surface area (Å²) in [4.78, 5) is 28.3. The number of hydrogen-bond donors (Lipinski definition) is 2. The molecule has 37 heavy (non-hydrogen) atoms. The van der Waals surface area contributed by atoms with E-state index in [0.717, 1.165) is 40.7 Å². The minimum Gasteiger partial charge on any atom is -0.507 e. The number of ketones is 1. The Morgan fingerprint density at radius 1 is 1.08 bits per heavy atom. The average Bonchev–Trinajstić information content (AvgIpc) is 2.87. The van der Waals surface area contributed by atoms with Crippen molar-refractivity contribution in [2.24, 2.45) is 5.92 Å². The van der Waals surface area contributed by atoms with Crippen molar-refractivity contribution in [2.75, 3.05) is 5.32 Å². The number of phenols is 1. The van der Waals surface area contributed by atoms with Crippen LogP contribution in [0.3, 0.4) is 0 Å². The number of para-hydroxylation sites is 1. The first kappa shape index (κ1) is 35.6. The summed E-state index contributed by atoms with van der Waals surface area (Å²) in [5.41, 5.74) is 1.99. The Labute approximate surface area is 224 Å². The molecule has 0 bridgehead atoms. The lowest BCUT2D eigenvalue weighted by Crippen LogP contribution is -2.06. The number of aromatic hydroxyl groups is 1. The second-order valence-electron chi connectivity index (χ2n) is 8.36. The van der Waals surface area contributed by atoms with Gasteiger partial charge in [-0.2, -0.15) is 0 Å². The van der Waals surface area contributed by atoms with Gasteiger partial charge in [0.25, 0.3) is 0 Å². The molecule has 204 valence electrons. The van der Waals surface area contributed by atoms with Gasteiger partial charge in [0.15, 0.2) is 0 Å². The van der Waals surface area contributed by atoms with Gasteiger partial charge >= 0.3 is 0 Å². The zero-order valence-electron chi connectivity index (χ0n) is 24.3. The number of carbonyl (C=O) groups is 2. The van der Waals surface area contributed by atoms with Crippen LogP contribution in [0.15, 0.2) is 61.6 Å². The number of fused-ring (bicyclic) bond motifs is 1. The Morgan fingerprint density at radius 2 is 1.70 bits per heavy atom. The molecule has 0 radical (unpaired) electrons. The lowest BCUT2D eigenvalue weighted by molar-refractivity contribution is -0.115. The van der Waals surface area contributed by atoms with Gasteiger partial charge in [0.1, 0.15) is 17.4 Å². The van der Waals surface area contributed by atoms with E-state index in [1.807, 2.05) is 58.0 Å². The molecule has 1 atom stereocenters. The minimum atomic E-state index is -0.124. The van der Waals surface area contributed by atoms with Crippen LogP contribution >= 0.6 is 0 Å². The highest BCUT2D eigenvalue weighted by Gasteiger charge is 1.99. The Kier molecular flexibility index (Phi) is 20.9. The molecule has 0 fully saturated rings. The molecule has 3 rings (SSSR count). The van der Waals surface area contributed by atoms with Crippen LogP contribution in [0.4, 0.5) is 5.82 Å². The molecule has 0 aliphatic heterocycles.